The van der Waals surface area contributed by atoms with Crippen LogP contribution in [0.1, 0.15) is 43.8 Å². The molecule has 0 spiro atoms. The van der Waals surface area contributed by atoms with E-state index in [0.717, 1.165) is 19.3 Å². The van der Waals surface area contributed by atoms with Gasteiger partial charge in [-0.25, -0.2) is 0 Å². The maximum atomic E-state index is 10.2. The van der Waals surface area contributed by atoms with E-state index in [1.54, 1.807) is 6.07 Å². The molecule has 0 aliphatic heterocycles. The van der Waals surface area contributed by atoms with Crippen LogP contribution in [-0.4, -0.2) is 15.8 Å². The van der Waals surface area contributed by atoms with Crippen molar-refractivity contribution in [1.82, 2.24) is 0 Å². The first-order valence-corrected chi connectivity index (χ1v) is 5.15. The Labute approximate surface area is 83.4 Å². The predicted molar refractivity (Wildman–Crippen MR) is 51.7 cm³/mol. The average Bonchev–Trinajstić information content (AvgIpc) is 2.70. The molecule has 1 atom stereocenters. The van der Waals surface area contributed by atoms with E-state index in [-0.39, 0.29) is 0 Å². The highest BCUT2D eigenvalue weighted by Crippen LogP contribution is 2.38. The highest BCUT2D eigenvalue weighted by atomic mass is 16.3. The molecule has 1 unspecified atom stereocenters. The second-order valence-corrected chi connectivity index (χ2v) is 4.12. The second kappa shape index (κ2) is 3.75. The van der Waals surface area contributed by atoms with E-state index < -0.39 is 11.7 Å². The number of hydrogen-bond donors (Lipinski definition) is 2. The largest absolute Gasteiger partial charge is 0.472 e. The fraction of sp³-hybridized carbons (Fsp3) is 0.636. The second-order valence-electron chi connectivity index (χ2n) is 4.12. The highest BCUT2D eigenvalue weighted by Gasteiger charge is 2.37. The van der Waals surface area contributed by atoms with Crippen LogP contribution in [0.5, 0.6) is 0 Å². The number of aliphatic hydroxyl groups is 2. The maximum absolute atomic E-state index is 10.2. The van der Waals surface area contributed by atoms with Crippen LogP contribution in [0.15, 0.2) is 23.0 Å². The Balaban J connectivity index is 2.13. The Hall–Kier alpha value is -0.800. The van der Waals surface area contributed by atoms with E-state index in [1.165, 1.54) is 12.5 Å². The van der Waals surface area contributed by atoms with Crippen molar-refractivity contribution < 1.29 is 14.6 Å². The van der Waals surface area contributed by atoms with Crippen LogP contribution in [0.2, 0.25) is 0 Å². The Bertz CT molecular complexity index is 273. The molecule has 1 aromatic heterocycles. The first-order chi connectivity index (χ1) is 6.72. The van der Waals surface area contributed by atoms with Gasteiger partial charge in [-0.3, -0.25) is 0 Å². The molecule has 78 valence electrons. The lowest BCUT2D eigenvalue weighted by molar-refractivity contribution is -0.0993. The fourth-order valence-electron chi connectivity index (χ4n) is 2.18. The normalized spacial score (nSPS) is 23.3. The van der Waals surface area contributed by atoms with Gasteiger partial charge in [0.2, 0.25) is 0 Å². The predicted octanol–water partition coefficient (Wildman–Crippen LogP) is 2.01. The lowest BCUT2D eigenvalue weighted by atomic mass is 9.79. The molecule has 0 amide bonds. The zero-order chi connectivity index (χ0) is 10.0. The lowest BCUT2D eigenvalue weighted by Gasteiger charge is -2.35. The monoisotopic (exact) mass is 196 g/mol. The summed E-state index contributed by atoms with van der Waals surface area (Å²) in [5.41, 5.74) is -0.267. The third kappa shape index (κ3) is 1.70. The molecule has 1 aliphatic rings. The molecule has 0 bridgehead atoms. The number of aliphatic hydroxyl groups excluding tert-OH is 1. The van der Waals surface area contributed by atoms with Gasteiger partial charge >= 0.3 is 0 Å². The molecule has 14 heavy (non-hydrogen) atoms. The number of furan rings is 1. The van der Waals surface area contributed by atoms with Crippen LogP contribution < -0.4 is 0 Å². The Morgan fingerprint density at radius 3 is 2.57 bits per heavy atom. The smallest absolute Gasteiger partial charge is 0.111 e. The number of rotatable bonds is 2. The molecule has 2 rings (SSSR count). The van der Waals surface area contributed by atoms with Gasteiger partial charge in [0.05, 0.1) is 18.1 Å². The van der Waals surface area contributed by atoms with Crippen LogP contribution in [0, 0.1) is 0 Å². The van der Waals surface area contributed by atoms with Crippen molar-refractivity contribution in [3.8, 4) is 0 Å². The van der Waals surface area contributed by atoms with Gasteiger partial charge in [0.25, 0.3) is 0 Å². The van der Waals surface area contributed by atoms with Gasteiger partial charge in [-0.2, -0.15) is 0 Å². The van der Waals surface area contributed by atoms with Gasteiger partial charge in [0, 0.05) is 5.56 Å². The molecule has 3 heteroatoms. The van der Waals surface area contributed by atoms with Gasteiger partial charge in [0.1, 0.15) is 6.10 Å². The molecule has 1 heterocycles. The highest BCUT2D eigenvalue weighted by molar-refractivity contribution is 5.14. The van der Waals surface area contributed by atoms with Crippen LogP contribution in [-0.2, 0) is 0 Å². The quantitative estimate of drug-likeness (QED) is 0.760. The third-order valence-electron chi connectivity index (χ3n) is 3.09. The van der Waals surface area contributed by atoms with Crippen LogP contribution in [0.3, 0.4) is 0 Å². The SMILES string of the molecule is OC(c1ccoc1)C1(O)CCCCC1. The first kappa shape index (κ1) is 9.74. The van der Waals surface area contributed by atoms with Crippen molar-refractivity contribution in [2.75, 3.05) is 0 Å². The van der Waals surface area contributed by atoms with Gasteiger partial charge < -0.3 is 14.6 Å². The minimum absolute atomic E-state index is 0.675. The molecular weight excluding hydrogens is 180 g/mol. The van der Waals surface area contributed by atoms with E-state index in [4.69, 9.17) is 4.42 Å². The summed E-state index contributed by atoms with van der Waals surface area (Å²) in [4.78, 5) is 0. The lowest BCUT2D eigenvalue weighted by Crippen LogP contribution is -2.38. The summed E-state index contributed by atoms with van der Waals surface area (Å²) in [6, 6.07) is 1.71. The molecule has 1 aliphatic carbocycles. The van der Waals surface area contributed by atoms with E-state index in [0.29, 0.717) is 18.4 Å². The standard InChI is InChI=1S/C11H16O3/c12-10(9-4-7-14-8-9)11(13)5-2-1-3-6-11/h4,7-8,10,12-13H,1-3,5-6H2. The topological polar surface area (TPSA) is 53.6 Å². The molecule has 0 radical (unpaired) electrons. The van der Waals surface area contributed by atoms with E-state index in [2.05, 4.69) is 0 Å². The fourth-order valence-corrected chi connectivity index (χ4v) is 2.18. The summed E-state index contributed by atoms with van der Waals surface area (Å²) in [7, 11) is 0. The zero-order valence-corrected chi connectivity index (χ0v) is 8.15. The Kier molecular flexibility index (Phi) is 2.61. The van der Waals surface area contributed by atoms with Gasteiger partial charge in [-0.05, 0) is 18.9 Å². The van der Waals surface area contributed by atoms with Crippen LogP contribution in [0.4, 0.5) is 0 Å². The van der Waals surface area contributed by atoms with Crippen molar-refractivity contribution in [3.05, 3.63) is 24.2 Å². The molecule has 0 aromatic carbocycles. The van der Waals surface area contributed by atoms with Gasteiger partial charge in [-0.1, -0.05) is 19.3 Å². The Morgan fingerprint density at radius 1 is 1.29 bits per heavy atom. The van der Waals surface area contributed by atoms with Crippen molar-refractivity contribution in [3.63, 3.8) is 0 Å². The Morgan fingerprint density at radius 2 is 2.00 bits per heavy atom. The summed E-state index contributed by atoms with van der Waals surface area (Å²) < 4.78 is 4.90. The van der Waals surface area contributed by atoms with E-state index in [9.17, 15) is 10.2 Å². The molecule has 0 saturated heterocycles. The van der Waals surface area contributed by atoms with E-state index >= 15 is 0 Å². The molecule has 1 fully saturated rings. The summed E-state index contributed by atoms with van der Waals surface area (Å²) in [6.07, 6.45) is 6.71. The number of hydrogen-bond acceptors (Lipinski definition) is 3. The summed E-state index contributed by atoms with van der Waals surface area (Å²) in [5, 5.41) is 20.2. The average molecular weight is 196 g/mol. The summed E-state index contributed by atoms with van der Waals surface area (Å²) in [6.45, 7) is 0. The zero-order valence-electron chi connectivity index (χ0n) is 8.15. The van der Waals surface area contributed by atoms with Gasteiger partial charge in [0.15, 0.2) is 0 Å². The minimum Gasteiger partial charge on any atom is -0.472 e. The van der Waals surface area contributed by atoms with Crippen LogP contribution in [0.25, 0.3) is 0 Å². The maximum Gasteiger partial charge on any atom is 0.111 e. The third-order valence-corrected chi connectivity index (χ3v) is 3.09. The molecule has 1 aromatic rings. The van der Waals surface area contributed by atoms with Crippen molar-refractivity contribution in [2.45, 2.75) is 43.8 Å². The molecule has 2 N–H and O–H groups in total. The van der Waals surface area contributed by atoms with Gasteiger partial charge in [-0.15, -0.1) is 0 Å². The summed E-state index contributed by atoms with van der Waals surface area (Å²) >= 11 is 0. The van der Waals surface area contributed by atoms with Crippen LogP contribution >= 0.6 is 0 Å². The molecular formula is C11H16O3. The van der Waals surface area contributed by atoms with Crippen molar-refractivity contribution >= 4 is 0 Å². The minimum atomic E-state index is -0.942. The van der Waals surface area contributed by atoms with Crippen molar-refractivity contribution in [2.24, 2.45) is 0 Å². The first-order valence-electron chi connectivity index (χ1n) is 5.15. The molecule has 1 saturated carbocycles. The van der Waals surface area contributed by atoms with E-state index in [1.807, 2.05) is 0 Å². The van der Waals surface area contributed by atoms with Crippen molar-refractivity contribution in [1.29, 1.82) is 0 Å². The molecule has 3 nitrogen and oxygen atoms in total. The summed E-state index contributed by atoms with van der Waals surface area (Å²) in [5.74, 6) is 0.